The summed E-state index contributed by atoms with van der Waals surface area (Å²) < 4.78 is 53.4. The molecule has 0 bridgehead atoms. The average molecular weight is 419 g/mol. The Morgan fingerprint density at radius 1 is 0.966 bits per heavy atom. The molecule has 29 heavy (non-hydrogen) atoms. The maximum Gasteiger partial charge on any atom is 0.236 e. The molecule has 0 aliphatic heterocycles. The SMILES string of the molecule is CN(C)c1cnnc(Nc2ccc(NS(=O)(=O)Cc3cc(F)cc(F)c3)cc2)c1. The van der Waals surface area contributed by atoms with Gasteiger partial charge in [0.05, 0.1) is 17.6 Å². The van der Waals surface area contributed by atoms with E-state index in [0.29, 0.717) is 23.3 Å². The van der Waals surface area contributed by atoms with E-state index in [-0.39, 0.29) is 5.56 Å². The highest BCUT2D eigenvalue weighted by molar-refractivity contribution is 7.91. The topological polar surface area (TPSA) is 87.2 Å². The molecule has 0 aliphatic carbocycles. The van der Waals surface area contributed by atoms with Crippen LogP contribution in [-0.4, -0.2) is 32.7 Å². The van der Waals surface area contributed by atoms with E-state index in [2.05, 4.69) is 20.2 Å². The smallest absolute Gasteiger partial charge is 0.236 e. The molecule has 0 saturated carbocycles. The molecule has 10 heteroatoms. The zero-order chi connectivity index (χ0) is 21.0. The Balaban J connectivity index is 1.67. The molecule has 0 radical (unpaired) electrons. The Kier molecular flexibility index (Phi) is 5.92. The van der Waals surface area contributed by atoms with E-state index < -0.39 is 27.4 Å². The molecule has 7 nitrogen and oxygen atoms in total. The minimum absolute atomic E-state index is 0.0210. The van der Waals surface area contributed by atoms with E-state index in [1.807, 2.05) is 25.1 Å². The predicted octanol–water partition coefficient (Wildman–Crippen LogP) is 3.51. The number of rotatable bonds is 7. The van der Waals surface area contributed by atoms with Gasteiger partial charge < -0.3 is 10.2 Å². The second kappa shape index (κ2) is 8.39. The van der Waals surface area contributed by atoms with Gasteiger partial charge >= 0.3 is 0 Å². The number of aromatic nitrogens is 2. The number of benzene rings is 2. The number of nitrogens with zero attached hydrogens (tertiary/aromatic N) is 3. The molecule has 3 aromatic rings. The van der Waals surface area contributed by atoms with Crippen LogP contribution in [-0.2, 0) is 15.8 Å². The van der Waals surface area contributed by atoms with Crippen LogP contribution in [0.1, 0.15) is 5.56 Å². The van der Waals surface area contributed by atoms with Crippen LogP contribution >= 0.6 is 0 Å². The molecule has 2 N–H and O–H groups in total. The highest BCUT2D eigenvalue weighted by Crippen LogP contribution is 2.21. The Morgan fingerprint density at radius 3 is 2.21 bits per heavy atom. The Hall–Kier alpha value is -3.27. The van der Waals surface area contributed by atoms with Crippen LogP contribution in [0.5, 0.6) is 0 Å². The Labute approximate surface area is 167 Å². The lowest BCUT2D eigenvalue weighted by molar-refractivity contribution is 0.579. The van der Waals surface area contributed by atoms with Gasteiger partial charge in [0.2, 0.25) is 10.0 Å². The molecule has 0 unspecified atom stereocenters. The van der Waals surface area contributed by atoms with Crippen molar-refractivity contribution in [2.75, 3.05) is 29.0 Å². The lowest BCUT2D eigenvalue weighted by Gasteiger charge is -2.13. The van der Waals surface area contributed by atoms with E-state index in [4.69, 9.17) is 0 Å². The van der Waals surface area contributed by atoms with Gasteiger partial charge in [0.1, 0.15) is 11.6 Å². The number of halogens is 2. The number of anilines is 4. The van der Waals surface area contributed by atoms with Gasteiger partial charge in [0.25, 0.3) is 0 Å². The van der Waals surface area contributed by atoms with Gasteiger partial charge in [0.15, 0.2) is 5.82 Å². The van der Waals surface area contributed by atoms with Crippen molar-refractivity contribution in [2.24, 2.45) is 0 Å². The lowest BCUT2D eigenvalue weighted by atomic mass is 10.2. The molecule has 0 saturated heterocycles. The zero-order valence-electron chi connectivity index (χ0n) is 15.7. The number of hydrogen-bond donors (Lipinski definition) is 2. The van der Waals surface area contributed by atoms with Crippen molar-refractivity contribution in [3.8, 4) is 0 Å². The summed E-state index contributed by atoms with van der Waals surface area (Å²) in [5.74, 6) is -1.66. The molecule has 0 aliphatic rings. The van der Waals surface area contributed by atoms with Crippen LogP contribution < -0.4 is 14.9 Å². The molecule has 2 aromatic carbocycles. The third-order valence-corrected chi connectivity index (χ3v) is 5.13. The summed E-state index contributed by atoms with van der Waals surface area (Å²) in [7, 11) is -0.0621. The second-order valence-electron chi connectivity index (χ2n) is 6.53. The molecule has 152 valence electrons. The first-order chi connectivity index (χ1) is 13.7. The van der Waals surface area contributed by atoms with Crippen molar-refractivity contribution in [1.29, 1.82) is 0 Å². The van der Waals surface area contributed by atoms with E-state index in [9.17, 15) is 17.2 Å². The van der Waals surface area contributed by atoms with E-state index in [1.54, 1.807) is 30.5 Å². The van der Waals surface area contributed by atoms with Crippen LogP contribution in [0.25, 0.3) is 0 Å². The van der Waals surface area contributed by atoms with Crippen molar-refractivity contribution in [2.45, 2.75) is 5.75 Å². The monoisotopic (exact) mass is 419 g/mol. The summed E-state index contributed by atoms with van der Waals surface area (Å²) in [5, 5.41) is 11.0. The molecular formula is C19H19F2N5O2S. The lowest BCUT2D eigenvalue weighted by Crippen LogP contribution is -2.15. The Bertz CT molecular complexity index is 1090. The van der Waals surface area contributed by atoms with Crippen LogP contribution in [0, 0.1) is 11.6 Å². The number of nitrogens with one attached hydrogen (secondary N) is 2. The number of hydrogen-bond acceptors (Lipinski definition) is 6. The molecule has 3 rings (SSSR count). The highest BCUT2D eigenvalue weighted by atomic mass is 32.2. The van der Waals surface area contributed by atoms with Gasteiger partial charge in [-0.15, -0.1) is 5.10 Å². The average Bonchev–Trinajstić information content (AvgIpc) is 2.62. The van der Waals surface area contributed by atoms with E-state index in [0.717, 1.165) is 17.8 Å². The van der Waals surface area contributed by atoms with Crippen LogP contribution in [0.4, 0.5) is 31.7 Å². The highest BCUT2D eigenvalue weighted by Gasteiger charge is 2.13. The summed E-state index contributed by atoms with van der Waals surface area (Å²) in [6.07, 6.45) is 1.63. The number of sulfonamides is 1. The van der Waals surface area contributed by atoms with Crippen LogP contribution in [0.3, 0.4) is 0 Å². The maximum absolute atomic E-state index is 13.2. The van der Waals surface area contributed by atoms with Crippen LogP contribution in [0.2, 0.25) is 0 Å². The quantitative estimate of drug-likeness (QED) is 0.610. The second-order valence-corrected chi connectivity index (χ2v) is 8.26. The third-order valence-electron chi connectivity index (χ3n) is 3.87. The first-order valence-corrected chi connectivity index (χ1v) is 10.2. The first-order valence-electron chi connectivity index (χ1n) is 8.53. The third kappa shape index (κ3) is 5.85. The normalized spacial score (nSPS) is 11.2. The summed E-state index contributed by atoms with van der Waals surface area (Å²) >= 11 is 0. The van der Waals surface area contributed by atoms with Gasteiger partial charge in [0, 0.05) is 37.6 Å². The molecular weight excluding hydrogens is 400 g/mol. The molecule has 1 aromatic heterocycles. The van der Waals surface area contributed by atoms with E-state index in [1.165, 1.54) is 0 Å². The minimum atomic E-state index is -3.84. The first kappa shape index (κ1) is 20.5. The molecule has 0 atom stereocenters. The molecule has 1 heterocycles. The van der Waals surface area contributed by atoms with Crippen molar-refractivity contribution >= 4 is 32.9 Å². The zero-order valence-corrected chi connectivity index (χ0v) is 16.5. The van der Waals surface area contributed by atoms with Gasteiger partial charge in [-0.3, -0.25) is 4.72 Å². The van der Waals surface area contributed by atoms with Crippen molar-refractivity contribution in [3.05, 3.63) is 71.9 Å². The largest absolute Gasteiger partial charge is 0.376 e. The van der Waals surface area contributed by atoms with Gasteiger partial charge in [-0.2, -0.15) is 5.10 Å². The minimum Gasteiger partial charge on any atom is -0.376 e. The summed E-state index contributed by atoms with van der Waals surface area (Å²) in [4.78, 5) is 1.89. The molecule has 0 amide bonds. The summed E-state index contributed by atoms with van der Waals surface area (Å²) in [6, 6.07) is 10.9. The summed E-state index contributed by atoms with van der Waals surface area (Å²) in [6.45, 7) is 0. The summed E-state index contributed by atoms with van der Waals surface area (Å²) in [5.41, 5.74) is 1.90. The van der Waals surface area contributed by atoms with Gasteiger partial charge in [-0.25, -0.2) is 17.2 Å². The van der Waals surface area contributed by atoms with Crippen LogP contribution in [0.15, 0.2) is 54.7 Å². The Morgan fingerprint density at radius 2 is 1.59 bits per heavy atom. The fourth-order valence-corrected chi connectivity index (χ4v) is 3.73. The van der Waals surface area contributed by atoms with Crippen molar-refractivity contribution in [1.82, 2.24) is 10.2 Å². The van der Waals surface area contributed by atoms with Crippen molar-refractivity contribution in [3.63, 3.8) is 0 Å². The van der Waals surface area contributed by atoms with Gasteiger partial charge in [-0.1, -0.05) is 0 Å². The van der Waals surface area contributed by atoms with Crippen molar-refractivity contribution < 1.29 is 17.2 Å². The maximum atomic E-state index is 13.2. The molecule has 0 spiro atoms. The predicted molar refractivity (Wildman–Crippen MR) is 109 cm³/mol. The molecule has 0 fully saturated rings. The standard InChI is InChI=1S/C19H19F2N5O2S/c1-26(2)18-10-19(24-22-11-18)23-16-3-5-17(6-4-16)25-29(27,28)12-13-7-14(20)9-15(21)8-13/h3-11,25H,12H2,1-2H3,(H,23,24). The fourth-order valence-electron chi connectivity index (χ4n) is 2.56. The van der Waals surface area contributed by atoms with Gasteiger partial charge in [-0.05, 0) is 42.0 Å². The fraction of sp³-hybridized carbons (Fsp3) is 0.158. The van der Waals surface area contributed by atoms with E-state index >= 15 is 0 Å².